The third kappa shape index (κ3) is 2.34. The Labute approximate surface area is 112 Å². The highest BCUT2D eigenvalue weighted by Crippen LogP contribution is 2.32. The van der Waals surface area contributed by atoms with E-state index in [0.717, 1.165) is 34.9 Å². The molecule has 18 heavy (non-hydrogen) atoms. The van der Waals surface area contributed by atoms with Gasteiger partial charge in [-0.2, -0.15) is 0 Å². The smallest absolute Gasteiger partial charge is 0.221 e. The molecule has 0 spiro atoms. The Morgan fingerprint density at radius 2 is 1.89 bits per heavy atom. The summed E-state index contributed by atoms with van der Waals surface area (Å²) in [6.07, 6.45) is 5.64. The normalized spacial score (nSPS) is 15.2. The Balaban J connectivity index is 1.92. The standard InChI is InChI=1S/C15H14ClNO/c16-12-8-6-11(7-9-12)14-5-2-10-17-15(14)18-13-3-1-4-13/h2,5-10,13H,1,3-4H2. The van der Waals surface area contributed by atoms with Crippen LogP contribution in [0.4, 0.5) is 0 Å². The molecule has 1 aromatic carbocycles. The minimum atomic E-state index is 0.339. The van der Waals surface area contributed by atoms with Gasteiger partial charge >= 0.3 is 0 Å². The lowest BCUT2D eigenvalue weighted by molar-refractivity contribution is 0.115. The minimum absolute atomic E-state index is 0.339. The van der Waals surface area contributed by atoms with Gasteiger partial charge in [-0.1, -0.05) is 23.7 Å². The van der Waals surface area contributed by atoms with E-state index in [2.05, 4.69) is 4.98 Å². The van der Waals surface area contributed by atoms with Crippen LogP contribution in [0.3, 0.4) is 0 Å². The van der Waals surface area contributed by atoms with Crippen molar-refractivity contribution in [2.24, 2.45) is 0 Å². The number of benzene rings is 1. The predicted octanol–water partition coefficient (Wildman–Crippen LogP) is 4.33. The number of pyridine rings is 1. The number of rotatable bonds is 3. The van der Waals surface area contributed by atoms with Crippen LogP contribution in [-0.2, 0) is 0 Å². The molecular formula is C15H14ClNO. The van der Waals surface area contributed by atoms with Crippen LogP contribution in [0.2, 0.25) is 5.02 Å². The maximum absolute atomic E-state index is 5.92. The van der Waals surface area contributed by atoms with Gasteiger partial charge in [-0.15, -0.1) is 0 Å². The monoisotopic (exact) mass is 259 g/mol. The van der Waals surface area contributed by atoms with Gasteiger partial charge in [0.1, 0.15) is 6.10 Å². The summed E-state index contributed by atoms with van der Waals surface area (Å²) in [5.41, 5.74) is 2.11. The second kappa shape index (κ2) is 4.99. The van der Waals surface area contributed by atoms with Gasteiger partial charge in [0.15, 0.2) is 0 Å². The van der Waals surface area contributed by atoms with E-state index in [1.165, 1.54) is 6.42 Å². The van der Waals surface area contributed by atoms with Gasteiger partial charge in [-0.05, 0) is 49.1 Å². The number of nitrogens with zero attached hydrogens (tertiary/aromatic N) is 1. The molecule has 0 bridgehead atoms. The van der Waals surface area contributed by atoms with Crippen LogP contribution < -0.4 is 4.74 Å². The van der Waals surface area contributed by atoms with Gasteiger partial charge < -0.3 is 4.74 Å². The molecule has 1 aliphatic rings. The number of hydrogen-bond donors (Lipinski definition) is 0. The summed E-state index contributed by atoms with van der Waals surface area (Å²) in [5, 5.41) is 0.740. The lowest BCUT2D eigenvalue weighted by Gasteiger charge is -2.26. The van der Waals surface area contributed by atoms with Crippen molar-refractivity contribution < 1.29 is 4.74 Å². The molecule has 0 unspecified atom stereocenters. The summed E-state index contributed by atoms with van der Waals surface area (Å²) >= 11 is 5.91. The fourth-order valence-corrected chi connectivity index (χ4v) is 2.11. The molecule has 2 nitrogen and oxygen atoms in total. The Hall–Kier alpha value is -1.54. The molecule has 3 heteroatoms. The molecule has 1 aliphatic carbocycles. The number of aromatic nitrogens is 1. The van der Waals surface area contributed by atoms with E-state index in [1.807, 2.05) is 36.4 Å². The predicted molar refractivity (Wildman–Crippen MR) is 73.0 cm³/mol. The Kier molecular flexibility index (Phi) is 3.20. The van der Waals surface area contributed by atoms with Gasteiger partial charge in [0, 0.05) is 16.8 Å². The highest BCUT2D eigenvalue weighted by atomic mass is 35.5. The van der Waals surface area contributed by atoms with E-state index >= 15 is 0 Å². The fraction of sp³-hybridized carbons (Fsp3) is 0.267. The Morgan fingerprint density at radius 1 is 1.11 bits per heavy atom. The Morgan fingerprint density at radius 3 is 2.56 bits per heavy atom. The van der Waals surface area contributed by atoms with Crippen molar-refractivity contribution >= 4 is 11.6 Å². The molecule has 0 radical (unpaired) electrons. The van der Waals surface area contributed by atoms with E-state index in [4.69, 9.17) is 16.3 Å². The fourth-order valence-electron chi connectivity index (χ4n) is 1.98. The molecule has 1 fully saturated rings. The molecule has 2 aromatic rings. The molecule has 0 aliphatic heterocycles. The van der Waals surface area contributed by atoms with Gasteiger partial charge in [0.2, 0.25) is 5.88 Å². The molecule has 92 valence electrons. The van der Waals surface area contributed by atoms with E-state index in [0.29, 0.717) is 6.10 Å². The van der Waals surface area contributed by atoms with Crippen LogP contribution in [0.15, 0.2) is 42.6 Å². The molecule has 0 saturated heterocycles. The summed E-state index contributed by atoms with van der Waals surface area (Å²) in [7, 11) is 0. The van der Waals surface area contributed by atoms with Crippen molar-refractivity contribution in [3.63, 3.8) is 0 Å². The number of ether oxygens (including phenoxy) is 1. The average molecular weight is 260 g/mol. The zero-order valence-electron chi connectivity index (χ0n) is 9.97. The topological polar surface area (TPSA) is 22.1 Å². The molecule has 3 rings (SSSR count). The SMILES string of the molecule is Clc1ccc(-c2cccnc2OC2CCC2)cc1. The lowest BCUT2D eigenvalue weighted by Crippen LogP contribution is -2.25. The third-order valence-corrected chi connectivity index (χ3v) is 3.51. The van der Waals surface area contributed by atoms with Crippen molar-refractivity contribution in [1.29, 1.82) is 0 Å². The van der Waals surface area contributed by atoms with Crippen molar-refractivity contribution in [1.82, 2.24) is 4.98 Å². The van der Waals surface area contributed by atoms with Crippen LogP contribution in [0.1, 0.15) is 19.3 Å². The zero-order chi connectivity index (χ0) is 12.4. The molecule has 0 atom stereocenters. The first-order valence-electron chi connectivity index (χ1n) is 6.20. The molecular weight excluding hydrogens is 246 g/mol. The minimum Gasteiger partial charge on any atom is -0.474 e. The van der Waals surface area contributed by atoms with Gasteiger partial charge in [-0.25, -0.2) is 4.98 Å². The number of hydrogen-bond acceptors (Lipinski definition) is 2. The van der Waals surface area contributed by atoms with Gasteiger partial charge in [0.05, 0.1) is 0 Å². The summed E-state index contributed by atoms with van der Waals surface area (Å²) in [4.78, 5) is 4.34. The van der Waals surface area contributed by atoms with E-state index in [-0.39, 0.29) is 0 Å². The van der Waals surface area contributed by atoms with Crippen LogP contribution >= 0.6 is 11.6 Å². The first-order chi connectivity index (χ1) is 8.83. The van der Waals surface area contributed by atoms with E-state index < -0.39 is 0 Å². The molecule has 0 N–H and O–H groups in total. The molecule has 1 heterocycles. The quantitative estimate of drug-likeness (QED) is 0.818. The van der Waals surface area contributed by atoms with Crippen molar-refractivity contribution in [2.45, 2.75) is 25.4 Å². The first kappa shape index (κ1) is 11.5. The summed E-state index contributed by atoms with van der Waals surface area (Å²) in [6.45, 7) is 0. The van der Waals surface area contributed by atoms with Crippen LogP contribution in [0, 0.1) is 0 Å². The highest BCUT2D eigenvalue weighted by Gasteiger charge is 2.21. The maximum Gasteiger partial charge on any atom is 0.221 e. The summed E-state index contributed by atoms with van der Waals surface area (Å²) in [6, 6.07) is 11.7. The van der Waals surface area contributed by atoms with Gasteiger partial charge in [-0.3, -0.25) is 0 Å². The molecule has 0 amide bonds. The second-order valence-corrected chi connectivity index (χ2v) is 4.97. The van der Waals surface area contributed by atoms with E-state index in [1.54, 1.807) is 6.20 Å². The van der Waals surface area contributed by atoms with Crippen LogP contribution in [0.25, 0.3) is 11.1 Å². The first-order valence-corrected chi connectivity index (χ1v) is 6.58. The largest absolute Gasteiger partial charge is 0.474 e. The van der Waals surface area contributed by atoms with Crippen molar-refractivity contribution in [2.75, 3.05) is 0 Å². The summed E-state index contributed by atoms with van der Waals surface area (Å²) in [5.74, 6) is 0.726. The molecule has 1 saturated carbocycles. The highest BCUT2D eigenvalue weighted by molar-refractivity contribution is 6.30. The summed E-state index contributed by atoms with van der Waals surface area (Å²) < 4.78 is 5.92. The van der Waals surface area contributed by atoms with Crippen LogP contribution in [-0.4, -0.2) is 11.1 Å². The van der Waals surface area contributed by atoms with Crippen molar-refractivity contribution in [3.8, 4) is 17.0 Å². The number of halogens is 1. The average Bonchev–Trinajstić information content (AvgIpc) is 2.35. The Bertz CT molecular complexity index is 534. The van der Waals surface area contributed by atoms with Gasteiger partial charge in [0.25, 0.3) is 0 Å². The molecule has 1 aromatic heterocycles. The third-order valence-electron chi connectivity index (χ3n) is 3.26. The zero-order valence-corrected chi connectivity index (χ0v) is 10.7. The van der Waals surface area contributed by atoms with Crippen LogP contribution in [0.5, 0.6) is 5.88 Å². The van der Waals surface area contributed by atoms with Crippen molar-refractivity contribution in [3.05, 3.63) is 47.6 Å². The lowest BCUT2D eigenvalue weighted by atomic mass is 9.96. The maximum atomic E-state index is 5.92. The second-order valence-electron chi connectivity index (χ2n) is 4.53. The van der Waals surface area contributed by atoms with E-state index in [9.17, 15) is 0 Å².